The Morgan fingerprint density at radius 2 is 1.67 bits per heavy atom. The largest absolute Gasteiger partial charge is 0.481 e. The number of nitrogens with one attached hydrogen (secondary N) is 1. The van der Waals surface area contributed by atoms with E-state index in [-0.39, 0.29) is 11.9 Å². The van der Waals surface area contributed by atoms with Gasteiger partial charge in [0.1, 0.15) is 5.75 Å². The molecule has 0 saturated carbocycles. The van der Waals surface area contributed by atoms with Gasteiger partial charge in [0.05, 0.1) is 6.04 Å². The lowest BCUT2D eigenvalue weighted by atomic mass is 10.0. The fourth-order valence-electron chi connectivity index (χ4n) is 2.68. The van der Waals surface area contributed by atoms with Crippen LogP contribution in [0.5, 0.6) is 5.75 Å². The molecule has 0 aliphatic heterocycles. The molecule has 3 heteroatoms. The second-order valence-electron chi connectivity index (χ2n) is 6.41. The summed E-state index contributed by atoms with van der Waals surface area (Å²) >= 11 is 0. The van der Waals surface area contributed by atoms with E-state index in [4.69, 9.17) is 4.74 Å². The first kappa shape index (κ1) is 18.1. The van der Waals surface area contributed by atoms with Crippen LogP contribution in [0.2, 0.25) is 0 Å². The van der Waals surface area contributed by atoms with Gasteiger partial charge in [-0.25, -0.2) is 0 Å². The Morgan fingerprint density at radius 1 is 1.04 bits per heavy atom. The van der Waals surface area contributed by atoms with Crippen molar-refractivity contribution < 1.29 is 9.53 Å². The molecule has 0 fully saturated rings. The first-order chi connectivity index (χ1) is 11.4. The average Bonchev–Trinajstić information content (AvgIpc) is 2.55. The summed E-state index contributed by atoms with van der Waals surface area (Å²) in [5.74, 6) is 0.661. The van der Waals surface area contributed by atoms with E-state index in [1.807, 2.05) is 26.0 Å². The van der Waals surface area contributed by atoms with Gasteiger partial charge in [0.2, 0.25) is 0 Å². The third-order valence-electron chi connectivity index (χ3n) is 4.21. The van der Waals surface area contributed by atoms with Gasteiger partial charge in [0.15, 0.2) is 6.10 Å². The van der Waals surface area contributed by atoms with E-state index < -0.39 is 6.10 Å². The summed E-state index contributed by atoms with van der Waals surface area (Å²) < 4.78 is 5.85. The van der Waals surface area contributed by atoms with Crippen LogP contribution in [0.15, 0.2) is 42.5 Å². The first-order valence-corrected chi connectivity index (χ1v) is 8.51. The smallest absolute Gasteiger partial charge is 0.261 e. The molecule has 2 atom stereocenters. The molecule has 1 amide bonds. The number of hydrogen-bond donors (Lipinski definition) is 1. The molecule has 0 saturated heterocycles. The van der Waals surface area contributed by atoms with Crippen molar-refractivity contribution in [3.63, 3.8) is 0 Å². The van der Waals surface area contributed by atoms with Crippen molar-refractivity contribution in [3.05, 3.63) is 64.7 Å². The van der Waals surface area contributed by atoms with Gasteiger partial charge < -0.3 is 10.1 Å². The zero-order chi connectivity index (χ0) is 17.7. The molecular formula is C21H27NO2. The predicted octanol–water partition coefficient (Wildman–Crippen LogP) is 4.65. The van der Waals surface area contributed by atoms with Crippen molar-refractivity contribution >= 4 is 5.91 Å². The topological polar surface area (TPSA) is 38.3 Å². The molecular weight excluding hydrogens is 298 g/mol. The quantitative estimate of drug-likeness (QED) is 0.840. The minimum Gasteiger partial charge on any atom is -0.481 e. The molecule has 2 rings (SSSR count). The lowest BCUT2D eigenvalue weighted by Crippen LogP contribution is -2.38. The van der Waals surface area contributed by atoms with Crippen LogP contribution < -0.4 is 10.1 Å². The summed E-state index contributed by atoms with van der Waals surface area (Å²) in [6.07, 6.45) is 0.302. The van der Waals surface area contributed by atoms with Crippen LogP contribution in [-0.4, -0.2) is 12.0 Å². The van der Waals surface area contributed by atoms with Crippen LogP contribution >= 0.6 is 0 Å². The molecule has 3 nitrogen and oxygen atoms in total. The monoisotopic (exact) mass is 325 g/mol. The second-order valence-corrected chi connectivity index (χ2v) is 6.41. The van der Waals surface area contributed by atoms with Gasteiger partial charge in [-0.15, -0.1) is 0 Å². The van der Waals surface area contributed by atoms with Crippen molar-refractivity contribution in [2.45, 2.75) is 53.2 Å². The Bertz CT molecular complexity index is 691. The van der Waals surface area contributed by atoms with Crippen molar-refractivity contribution in [2.24, 2.45) is 0 Å². The molecule has 0 heterocycles. The van der Waals surface area contributed by atoms with Gasteiger partial charge in [0.25, 0.3) is 5.91 Å². The van der Waals surface area contributed by atoms with Crippen LogP contribution in [0, 0.1) is 20.8 Å². The Kier molecular flexibility index (Phi) is 6.02. The highest BCUT2D eigenvalue weighted by atomic mass is 16.5. The summed E-state index contributed by atoms with van der Waals surface area (Å²) in [7, 11) is 0. The molecule has 2 aromatic carbocycles. The van der Waals surface area contributed by atoms with Crippen LogP contribution in [0.3, 0.4) is 0 Å². The van der Waals surface area contributed by atoms with Crippen molar-refractivity contribution in [2.75, 3.05) is 0 Å². The molecule has 24 heavy (non-hydrogen) atoms. The minimum atomic E-state index is -0.536. The van der Waals surface area contributed by atoms with Gasteiger partial charge >= 0.3 is 0 Å². The SMILES string of the molecule is CC[C@H](NC(=O)[C@H](C)Oc1ccc(C)cc1C)c1ccc(C)cc1. The molecule has 128 valence electrons. The Hall–Kier alpha value is -2.29. The normalized spacial score (nSPS) is 13.2. The number of aryl methyl sites for hydroxylation is 3. The molecule has 0 unspecified atom stereocenters. The van der Waals surface area contributed by atoms with E-state index in [1.54, 1.807) is 6.92 Å². The summed E-state index contributed by atoms with van der Waals surface area (Å²) in [5.41, 5.74) is 4.56. The maximum Gasteiger partial charge on any atom is 0.261 e. The molecule has 0 radical (unpaired) electrons. The summed E-state index contributed by atoms with van der Waals surface area (Å²) in [6.45, 7) is 9.95. The third-order valence-corrected chi connectivity index (χ3v) is 4.21. The number of carbonyl (C=O) groups excluding carboxylic acids is 1. The van der Waals surface area contributed by atoms with Crippen LogP contribution in [0.1, 0.15) is 48.6 Å². The fourth-order valence-corrected chi connectivity index (χ4v) is 2.68. The molecule has 0 bridgehead atoms. The number of hydrogen-bond acceptors (Lipinski definition) is 2. The van der Waals surface area contributed by atoms with Gasteiger partial charge in [-0.1, -0.05) is 54.4 Å². The number of carbonyl (C=O) groups is 1. The van der Waals surface area contributed by atoms with E-state index in [0.29, 0.717) is 0 Å². The predicted molar refractivity (Wildman–Crippen MR) is 98.4 cm³/mol. The average molecular weight is 325 g/mol. The first-order valence-electron chi connectivity index (χ1n) is 8.51. The molecule has 0 aliphatic rings. The summed E-state index contributed by atoms with van der Waals surface area (Å²) in [4.78, 5) is 12.5. The Labute approximate surface area is 145 Å². The van der Waals surface area contributed by atoms with Crippen molar-refractivity contribution in [3.8, 4) is 5.75 Å². The lowest BCUT2D eigenvalue weighted by Gasteiger charge is -2.22. The van der Waals surface area contributed by atoms with Gasteiger partial charge in [-0.05, 0) is 51.3 Å². The molecule has 1 N–H and O–H groups in total. The van der Waals surface area contributed by atoms with Gasteiger partial charge in [-0.2, -0.15) is 0 Å². The number of ether oxygens (including phenoxy) is 1. The van der Waals surface area contributed by atoms with Crippen molar-refractivity contribution in [1.82, 2.24) is 5.32 Å². The number of benzene rings is 2. The highest BCUT2D eigenvalue weighted by Crippen LogP contribution is 2.21. The standard InChI is InChI=1S/C21H27NO2/c1-6-19(18-10-7-14(2)8-11-18)22-21(23)17(5)24-20-12-9-15(3)13-16(20)4/h7-13,17,19H,6H2,1-5H3,(H,22,23)/t17-,19-/m0/s1. The zero-order valence-electron chi connectivity index (χ0n) is 15.2. The van der Waals surface area contributed by atoms with Crippen LogP contribution in [0.25, 0.3) is 0 Å². The molecule has 0 aromatic heterocycles. The Morgan fingerprint density at radius 3 is 2.25 bits per heavy atom. The van der Waals surface area contributed by atoms with Crippen LogP contribution in [0.4, 0.5) is 0 Å². The minimum absolute atomic E-state index is 0.00302. The molecule has 0 aliphatic carbocycles. The zero-order valence-corrected chi connectivity index (χ0v) is 15.2. The fraction of sp³-hybridized carbons (Fsp3) is 0.381. The highest BCUT2D eigenvalue weighted by Gasteiger charge is 2.19. The summed E-state index contributed by atoms with van der Waals surface area (Å²) in [5, 5.41) is 3.09. The summed E-state index contributed by atoms with van der Waals surface area (Å²) in [6, 6.07) is 14.3. The maximum absolute atomic E-state index is 12.5. The van der Waals surface area contributed by atoms with Gasteiger partial charge in [-0.3, -0.25) is 4.79 Å². The second kappa shape index (κ2) is 8.00. The number of amides is 1. The van der Waals surface area contributed by atoms with E-state index in [9.17, 15) is 4.79 Å². The molecule has 2 aromatic rings. The molecule has 0 spiro atoms. The van der Waals surface area contributed by atoms with E-state index in [1.165, 1.54) is 11.1 Å². The van der Waals surface area contributed by atoms with Crippen molar-refractivity contribution in [1.29, 1.82) is 0 Å². The Balaban J connectivity index is 2.02. The third kappa shape index (κ3) is 4.60. The lowest BCUT2D eigenvalue weighted by molar-refractivity contribution is -0.128. The van der Waals surface area contributed by atoms with E-state index >= 15 is 0 Å². The highest BCUT2D eigenvalue weighted by molar-refractivity contribution is 5.81. The van der Waals surface area contributed by atoms with E-state index in [0.717, 1.165) is 23.3 Å². The number of rotatable bonds is 6. The van der Waals surface area contributed by atoms with Crippen LogP contribution in [-0.2, 0) is 4.79 Å². The van der Waals surface area contributed by atoms with E-state index in [2.05, 4.69) is 49.5 Å². The maximum atomic E-state index is 12.5. The van der Waals surface area contributed by atoms with Gasteiger partial charge in [0, 0.05) is 0 Å².